The lowest BCUT2D eigenvalue weighted by molar-refractivity contribution is 0.157. The van der Waals surface area contributed by atoms with E-state index in [1.165, 1.54) is 0 Å². The molecule has 0 aliphatic heterocycles. The van der Waals surface area contributed by atoms with Crippen molar-refractivity contribution in [1.29, 1.82) is 0 Å². The molecule has 0 saturated carbocycles. The molecular weight excluding hydrogens is 230 g/mol. The summed E-state index contributed by atoms with van der Waals surface area (Å²) < 4.78 is 5.12. The van der Waals surface area contributed by atoms with Gasteiger partial charge in [0, 0.05) is 18.2 Å². The summed E-state index contributed by atoms with van der Waals surface area (Å²) in [5.41, 5.74) is 0.723. The van der Waals surface area contributed by atoms with E-state index in [9.17, 15) is 10.2 Å². The quantitative estimate of drug-likeness (QED) is 0.750. The molecule has 0 heterocycles. The van der Waals surface area contributed by atoms with Crippen molar-refractivity contribution < 1.29 is 14.9 Å². The largest absolute Gasteiger partial charge is 0.508 e. The predicted octanol–water partition coefficient (Wildman–Crippen LogP) is 1.90. The Balaban J connectivity index is 2.73. The number of phenols is 1. The van der Waals surface area contributed by atoms with Gasteiger partial charge < -0.3 is 20.3 Å². The second kappa shape index (κ2) is 6.07. The highest BCUT2D eigenvalue weighted by molar-refractivity contribution is 5.39. The second-order valence-electron chi connectivity index (χ2n) is 5.48. The van der Waals surface area contributed by atoms with E-state index in [0.29, 0.717) is 12.3 Å². The third-order valence-electron chi connectivity index (χ3n) is 3.05. The molecule has 1 aromatic rings. The normalized spacial score (nSPS) is 13.4. The summed E-state index contributed by atoms with van der Waals surface area (Å²) in [6, 6.07) is 5.09. The van der Waals surface area contributed by atoms with Gasteiger partial charge in [-0.15, -0.1) is 0 Å². The number of ether oxygens (including phenoxy) is 1. The van der Waals surface area contributed by atoms with E-state index >= 15 is 0 Å². The van der Waals surface area contributed by atoms with E-state index in [4.69, 9.17) is 4.74 Å². The number of methoxy groups -OCH3 is 1. The molecule has 1 rings (SSSR count). The van der Waals surface area contributed by atoms with Crippen LogP contribution < -0.4 is 10.1 Å². The fourth-order valence-electron chi connectivity index (χ4n) is 1.71. The van der Waals surface area contributed by atoms with Crippen LogP contribution in [0.3, 0.4) is 0 Å². The van der Waals surface area contributed by atoms with Gasteiger partial charge >= 0.3 is 0 Å². The summed E-state index contributed by atoms with van der Waals surface area (Å²) in [5.74, 6) is 0.940. The van der Waals surface area contributed by atoms with Crippen LogP contribution in [-0.2, 0) is 6.54 Å². The van der Waals surface area contributed by atoms with Gasteiger partial charge in [0.15, 0.2) is 0 Å². The third-order valence-corrected chi connectivity index (χ3v) is 3.05. The smallest absolute Gasteiger partial charge is 0.120 e. The van der Waals surface area contributed by atoms with Crippen LogP contribution in [0, 0.1) is 5.41 Å². The Kier molecular flexibility index (Phi) is 4.99. The first kappa shape index (κ1) is 14.8. The van der Waals surface area contributed by atoms with Crippen LogP contribution in [0.1, 0.15) is 26.3 Å². The number of aliphatic hydroxyl groups is 1. The van der Waals surface area contributed by atoms with Gasteiger partial charge in [0.05, 0.1) is 13.7 Å². The molecule has 0 unspecified atom stereocenters. The standard InChI is InChI=1S/C14H23NO3/c1-14(2,3)13(9-16)15-8-10-7-11(18-4)5-6-12(10)17/h5-7,13,15-17H,8-9H2,1-4H3/t13-/m1/s1. The summed E-state index contributed by atoms with van der Waals surface area (Å²) in [6.45, 7) is 6.74. The second-order valence-corrected chi connectivity index (χ2v) is 5.48. The minimum absolute atomic E-state index is 0.0249. The number of aliphatic hydroxyl groups excluding tert-OH is 1. The molecule has 0 fully saturated rings. The fourth-order valence-corrected chi connectivity index (χ4v) is 1.71. The number of hydrogen-bond donors (Lipinski definition) is 3. The molecule has 4 nitrogen and oxygen atoms in total. The average molecular weight is 253 g/mol. The molecule has 18 heavy (non-hydrogen) atoms. The van der Waals surface area contributed by atoms with Crippen LogP contribution in [0.15, 0.2) is 18.2 Å². The van der Waals surface area contributed by atoms with E-state index in [1.54, 1.807) is 25.3 Å². The lowest BCUT2D eigenvalue weighted by atomic mass is 9.87. The van der Waals surface area contributed by atoms with Gasteiger partial charge in [-0.2, -0.15) is 0 Å². The maximum Gasteiger partial charge on any atom is 0.120 e. The zero-order chi connectivity index (χ0) is 13.8. The molecule has 1 aromatic carbocycles. The molecule has 0 aromatic heterocycles. The molecular formula is C14H23NO3. The number of aromatic hydroxyl groups is 1. The zero-order valence-electron chi connectivity index (χ0n) is 11.5. The summed E-state index contributed by atoms with van der Waals surface area (Å²) in [5, 5.41) is 22.4. The van der Waals surface area contributed by atoms with E-state index in [1.807, 2.05) is 0 Å². The number of benzene rings is 1. The molecule has 3 N–H and O–H groups in total. The maximum atomic E-state index is 9.76. The van der Waals surface area contributed by atoms with Crippen LogP contribution >= 0.6 is 0 Å². The predicted molar refractivity (Wildman–Crippen MR) is 71.8 cm³/mol. The van der Waals surface area contributed by atoms with Crippen molar-refractivity contribution in [3.63, 3.8) is 0 Å². The van der Waals surface area contributed by atoms with Gasteiger partial charge in [0.2, 0.25) is 0 Å². The topological polar surface area (TPSA) is 61.7 Å². The van der Waals surface area contributed by atoms with E-state index in [0.717, 1.165) is 5.56 Å². The third kappa shape index (κ3) is 3.89. The first-order valence-corrected chi connectivity index (χ1v) is 6.08. The van der Waals surface area contributed by atoms with Gasteiger partial charge in [0.1, 0.15) is 11.5 Å². The summed E-state index contributed by atoms with van der Waals surface area (Å²) in [6.07, 6.45) is 0. The summed E-state index contributed by atoms with van der Waals surface area (Å²) in [7, 11) is 1.59. The van der Waals surface area contributed by atoms with Gasteiger partial charge in [-0.1, -0.05) is 20.8 Å². The molecule has 4 heteroatoms. The lowest BCUT2D eigenvalue weighted by Gasteiger charge is -2.30. The van der Waals surface area contributed by atoms with Crippen LogP contribution in [0.2, 0.25) is 0 Å². The maximum absolute atomic E-state index is 9.76. The Morgan fingerprint density at radius 3 is 2.50 bits per heavy atom. The Morgan fingerprint density at radius 2 is 2.00 bits per heavy atom. The molecule has 1 atom stereocenters. The van der Waals surface area contributed by atoms with Crippen molar-refractivity contribution in [3.05, 3.63) is 23.8 Å². The molecule has 102 valence electrons. The Hall–Kier alpha value is -1.26. The SMILES string of the molecule is COc1ccc(O)c(CN[C@H](CO)C(C)(C)C)c1. The van der Waals surface area contributed by atoms with Crippen LogP contribution in [-0.4, -0.2) is 30.0 Å². The van der Waals surface area contributed by atoms with Gasteiger partial charge in [0.25, 0.3) is 0 Å². The zero-order valence-corrected chi connectivity index (χ0v) is 11.5. The first-order chi connectivity index (χ1) is 8.38. The van der Waals surface area contributed by atoms with E-state index in [2.05, 4.69) is 26.1 Å². The fraction of sp³-hybridized carbons (Fsp3) is 0.571. The monoisotopic (exact) mass is 253 g/mol. The number of hydrogen-bond acceptors (Lipinski definition) is 4. The Labute approximate surface area is 109 Å². The Bertz CT molecular complexity index is 385. The lowest BCUT2D eigenvalue weighted by Crippen LogP contribution is -2.42. The number of phenolic OH excluding ortho intramolecular Hbond substituents is 1. The van der Waals surface area contributed by atoms with Crippen molar-refractivity contribution in [2.24, 2.45) is 5.41 Å². The number of nitrogens with one attached hydrogen (secondary N) is 1. The van der Waals surface area contributed by atoms with Crippen molar-refractivity contribution in [3.8, 4) is 11.5 Å². The van der Waals surface area contributed by atoms with Crippen molar-refractivity contribution >= 4 is 0 Å². The van der Waals surface area contributed by atoms with Crippen LogP contribution in [0.4, 0.5) is 0 Å². The highest BCUT2D eigenvalue weighted by Crippen LogP contribution is 2.24. The molecule has 0 aliphatic rings. The van der Waals surface area contributed by atoms with Gasteiger partial charge in [-0.25, -0.2) is 0 Å². The molecule has 0 bridgehead atoms. The summed E-state index contributed by atoms with van der Waals surface area (Å²) in [4.78, 5) is 0. The van der Waals surface area contributed by atoms with Crippen molar-refractivity contribution in [2.75, 3.05) is 13.7 Å². The van der Waals surface area contributed by atoms with Gasteiger partial charge in [-0.05, 0) is 23.6 Å². The molecule has 0 amide bonds. The molecule has 0 spiro atoms. The van der Waals surface area contributed by atoms with Crippen LogP contribution in [0.25, 0.3) is 0 Å². The molecule has 0 aliphatic carbocycles. The minimum atomic E-state index is -0.0385. The van der Waals surface area contributed by atoms with Crippen molar-refractivity contribution in [2.45, 2.75) is 33.4 Å². The van der Waals surface area contributed by atoms with Crippen LogP contribution in [0.5, 0.6) is 11.5 Å². The molecule has 0 saturated heterocycles. The van der Waals surface area contributed by atoms with Gasteiger partial charge in [-0.3, -0.25) is 0 Å². The first-order valence-electron chi connectivity index (χ1n) is 6.08. The molecule has 0 radical (unpaired) electrons. The average Bonchev–Trinajstić information content (AvgIpc) is 2.30. The van der Waals surface area contributed by atoms with E-state index < -0.39 is 0 Å². The summed E-state index contributed by atoms with van der Waals surface area (Å²) >= 11 is 0. The Morgan fingerprint density at radius 1 is 1.33 bits per heavy atom. The highest BCUT2D eigenvalue weighted by atomic mass is 16.5. The van der Waals surface area contributed by atoms with E-state index in [-0.39, 0.29) is 23.8 Å². The number of rotatable bonds is 5. The minimum Gasteiger partial charge on any atom is -0.508 e. The van der Waals surface area contributed by atoms with Crippen molar-refractivity contribution in [1.82, 2.24) is 5.32 Å². The highest BCUT2D eigenvalue weighted by Gasteiger charge is 2.23.